The molecule has 0 atom stereocenters. The number of hydrogen-bond acceptors (Lipinski definition) is 2. The summed E-state index contributed by atoms with van der Waals surface area (Å²) in [4.78, 5) is 0. The lowest BCUT2D eigenvalue weighted by molar-refractivity contribution is 0.612. The summed E-state index contributed by atoms with van der Waals surface area (Å²) < 4.78 is 19.9. The largest absolute Gasteiger partial charge is 0.236 e. The lowest BCUT2D eigenvalue weighted by Crippen LogP contribution is -1.90. The first kappa shape index (κ1) is 17.4. The molecule has 0 bridgehead atoms. The van der Waals surface area contributed by atoms with Crippen molar-refractivity contribution in [2.24, 2.45) is 0 Å². The van der Waals surface area contributed by atoms with Gasteiger partial charge in [0.05, 0.1) is 5.75 Å². The van der Waals surface area contributed by atoms with Crippen LogP contribution in [0.5, 0.6) is 0 Å². The van der Waals surface area contributed by atoms with Crippen molar-refractivity contribution in [1.29, 1.82) is 0 Å². The fourth-order valence-corrected chi connectivity index (χ4v) is 1.54. The highest BCUT2D eigenvalue weighted by molar-refractivity contribution is 8.13. The molecule has 0 aromatic carbocycles. The molecule has 0 fully saturated rings. The molecule has 0 spiro atoms. The molecule has 0 aromatic rings. The lowest BCUT2D eigenvalue weighted by atomic mass is 10.1. The number of halogens is 1. The second kappa shape index (κ2) is 12.1. The Bertz CT molecular complexity index is 217. The summed E-state index contributed by atoms with van der Waals surface area (Å²) in [6.07, 6.45) is 9.73. The van der Waals surface area contributed by atoms with Crippen LogP contribution in [0.15, 0.2) is 12.7 Å². The van der Waals surface area contributed by atoms with Crippen LogP contribution in [-0.4, -0.2) is 14.2 Å². The average molecular weight is 255 g/mol. The third kappa shape index (κ3) is 24.9. The van der Waals surface area contributed by atoms with Crippen LogP contribution in [0.25, 0.3) is 0 Å². The highest BCUT2D eigenvalue weighted by Gasteiger charge is 1.97. The van der Waals surface area contributed by atoms with E-state index in [-0.39, 0.29) is 5.75 Å². The molecule has 0 rings (SSSR count). The van der Waals surface area contributed by atoms with E-state index in [0.717, 1.165) is 0 Å². The molecule has 4 heteroatoms. The van der Waals surface area contributed by atoms with E-state index in [9.17, 15) is 8.42 Å². The van der Waals surface area contributed by atoms with Crippen molar-refractivity contribution in [2.45, 2.75) is 52.4 Å². The molecule has 0 aliphatic rings. The molecule has 2 nitrogen and oxygen atoms in total. The predicted molar refractivity (Wildman–Crippen MR) is 68.9 cm³/mol. The maximum atomic E-state index is 9.93. The number of hydrogen-bond donors (Lipinski definition) is 0. The van der Waals surface area contributed by atoms with E-state index in [1.807, 2.05) is 0 Å². The van der Waals surface area contributed by atoms with Gasteiger partial charge in [0.25, 0.3) is 0 Å². The van der Waals surface area contributed by atoms with Gasteiger partial charge in [0.15, 0.2) is 0 Å². The Morgan fingerprint density at radius 1 is 1.07 bits per heavy atom. The SMILES string of the molecule is C=CCS(=O)(=O)Cl.CCCCCCCC. The summed E-state index contributed by atoms with van der Waals surface area (Å²) in [5.41, 5.74) is 0. The van der Waals surface area contributed by atoms with E-state index >= 15 is 0 Å². The van der Waals surface area contributed by atoms with E-state index in [2.05, 4.69) is 20.4 Å². The van der Waals surface area contributed by atoms with Gasteiger partial charge in [-0.15, -0.1) is 6.58 Å². The van der Waals surface area contributed by atoms with Crippen LogP contribution in [0.1, 0.15) is 52.4 Å². The molecule has 0 aliphatic heterocycles. The first-order valence-corrected chi connectivity index (χ1v) is 7.99. The standard InChI is InChI=1S/C8H18.C3H5ClO2S/c1-3-5-7-8-6-4-2;1-2-3-7(4,5)6/h3-8H2,1-2H3;2H,1,3H2. The Hall–Kier alpha value is -0.0200. The van der Waals surface area contributed by atoms with Crippen molar-refractivity contribution < 1.29 is 8.42 Å². The van der Waals surface area contributed by atoms with Crippen molar-refractivity contribution in [3.8, 4) is 0 Å². The normalized spacial score (nSPS) is 10.3. The second-order valence-electron chi connectivity index (χ2n) is 3.41. The van der Waals surface area contributed by atoms with E-state index < -0.39 is 9.05 Å². The van der Waals surface area contributed by atoms with Crippen molar-refractivity contribution in [2.75, 3.05) is 5.75 Å². The Balaban J connectivity index is 0. The molecule has 0 saturated carbocycles. The average Bonchev–Trinajstić information content (AvgIpc) is 2.12. The van der Waals surface area contributed by atoms with Crippen LogP contribution in [0.4, 0.5) is 0 Å². The highest BCUT2D eigenvalue weighted by atomic mass is 35.7. The monoisotopic (exact) mass is 254 g/mol. The second-order valence-corrected chi connectivity index (χ2v) is 6.23. The molecule has 0 amide bonds. The van der Waals surface area contributed by atoms with Gasteiger partial charge in [-0.2, -0.15) is 0 Å². The Labute approximate surface area is 99.1 Å². The van der Waals surface area contributed by atoms with E-state index in [4.69, 9.17) is 10.7 Å². The summed E-state index contributed by atoms with van der Waals surface area (Å²) in [5, 5.41) is 0. The third-order valence-corrected chi connectivity index (χ3v) is 2.79. The van der Waals surface area contributed by atoms with Crippen LogP contribution in [0.2, 0.25) is 0 Å². The smallest absolute Gasteiger partial charge is 0.212 e. The van der Waals surface area contributed by atoms with Gasteiger partial charge in [-0.3, -0.25) is 0 Å². The molecule has 0 aromatic heterocycles. The maximum Gasteiger partial charge on any atom is 0.236 e. The van der Waals surface area contributed by atoms with Gasteiger partial charge < -0.3 is 0 Å². The van der Waals surface area contributed by atoms with Gasteiger partial charge >= 0.3 is 0 Å². The van der Waals surface area contributed by atoms with Gasteiger partial charge in [-0.25, -0.2) is 8.42 Å². The fourth-order valence-electron chi connectivity index (χ4n) is 0.994. The molecule has 0 unspecified atom stereocenters. The molecule has 0 N–H and O–H groups in total. The Morgan fingerprint density at radius 2 is 1.47 bits per heavy atom. The fraction of sp³-hybridized carbons (Fsp3) is 0.818. The number of unbranched alkanes of at least 4 members (excludes halogenated alkanes) is 5. The highest BCUT2D eigenvalue weighted by Crippen LogP contribution is 2.03. The quantitative estimate of drug-likeness (QED) is 0.389. The minimum absolute atomic E-state index is 0.158. The Morgan fingerprint density at radius 3 is 1.60 bits per heavy atom. The molecular weight excluding hydrogens is 232 g/mol. The van der Waals surface area contributed by atoms with Crippen molar-refractivity contribution in [3.63, 3.8) is 0 Å². The molecule has 0 radical (unpaired) electrons. The molecule has 92 valence electrons. The molecule has 15 heavy (non-hydrogen) atoms. The van der Waals surface area contributed by atoms with Crippen LogP contribution in [-0.2, 0) is 9.05 Å². The van der Waals surface area contributed by atoms with Crippen molar-refractivity contribution >= 4 is 19.7 Å². The molecular formula is C11H23ClO2S. The van der Waals surface area contributed by atoms with Crippen molar-refractivity contribution in [3.05, 3.63) is 12.7 Å². The summed E-state index contributed by atoms with van der Waals surface area (Å²) in [7, 11) is 1.41. The lowest BCUT2D eigenvalue weighted by Gasteiger charge is -1.93. The minimum Gasteiger partial charge on any atom is -0.212 e. The topological polar surface area (TPSA) is 34.1 Å². The first-order chi connectivity index (χ1) is 6.97. The molecule has 0 aliphatic carbocycles. The van der Waals surface area contributed by atoms with Crippen LogP contribution in [0, 0.1) is 0 Å². The first-order valence-electron chi connectivity index (χ1n) is 5.51. The zero-order valence-corrected chi connectivity index (χ0v) is 11.4. The molecule has 0 saturated heterocycles. The van der Waals surface area contributed by atoms with Gasteiger partial charge in [0, 0.05) is 10.7 Å². The zero-order chi connectivity index (χ0) is 12.2. The Kier molecular flexibility index (Phi) is 14.0. The van der Waals surface area contributed by atoms with Crippen LogP contribution in [0.3, 0.4) is 0 Å². The summed E-state index contributed by atoms with van der Waals surface area (Å²) >= 11 is 0. The van der Waals surface area contributed by atoms with Gasteiger partial charge in [0.2, 0.25) is 9.05 Å². The number of rotatable bonds is 7. The summed E-state index contributed by atoms with van der Waals surface area (Å²) in [6.45, 7) is 7.69. The van der Waals surface area contributed by atoms with E-state index in [1.54, 1.807) is 0 Å². The summed E-state index contributed by atoms with van der Waals surface area (Å²) in [6, 6.07) is 0. The molecule has 0 heterocycles. The van der Waals surface area contributed by atoms with E-state index in [0.29, 0.717) is 0 Å². The summed E-state index contributed by atoms with van der Waals surface area (Å²) in [5.74, 6) is -0.158. The minimum atomic E-state index is -3.32. The van der Waals surface area contributed by atoms with Gasteiger partial charge in [0.1, 0.15) is 0 Å². The van der Waals surface area contributed by atoms with Crippen LogP contribution < -0.4 is 0 Å². The van der Waals surface area contributed by atoms with Gasteiger partial charge in [-0.1, -0.05) is 58.4 Å². The zero-order valence-electron chi connectivity index (χ0n) is 9.84. The van der Waals surface area contributed by atoms with Gasteiger partial charge in [-0.05, 0) is 0 Å². The van der Waals surface area contributed by atoms with E-state index in [1.165, 1.54) is 44.6 Å². The van der Waals surface area contributed by atoms with Crippen LogP contribution >= 0.6 is 10.7 Å². The predicted octanol–water partition coefficient (Wildman–Crippen LogP) is 4.11. The third-order valence-electron chi connectivity index (χ3n) is 1.77. The maximum absolute atomic E-state index is 9.93. The van der Waals surface area contributed by atoms with Crippen molar-refractivity contribution in [1.82, 2.24) is 0 Å².